The third kappa shape index (κ3) is 2.76. The minimum absolute atomic E-state index is 0.255. The first-order valence-corrected chi connectivity index (χ1v) is 6.07. The second kappa shape index (κ2) is 5.14. The van der Waals surface area contributed by atoms with E-state index in [0.29, 0.717) is 5.75 Å². The molecular weight excluding hydrogens is 240 g/mol. The molecule has 2 aromatic carbocycles. The maximum atomic E-state index is 10.8. The molecule has 98 valence electrons. The summed E-state index contributed by atoms with van der Waals surface area (Å²) in [6, 6.07) is 10.5. The number of carbonyl (C=O) groups is 1. The molecule has 0 aliphatic carbocycles. The van der Waals surface area contributed by atoms with E-state index >= 15 is 0 Å². The van der Waals surface area contributed by atoms with Crippen LogP contribution in [0.1, 0.15) is 27.0 Å². The average molecular weight is 256 g/mol. The number of benzene rings is 2. The van der Waals surface area contributed by atoms with Gasteiger partial charge in [0.25, 0.3) is 0 Å². The Morgan fingerprint density at radius 2 is 1.53 bits per heavy atom. The lowest BCUT2D eigenvalue weighted by Gasteiger charge is -2.13. The minimum Gasteiger partial charge on any atom is -0.478 e. The first-order valence-electron chi connectivity index (χ1n) is 6.07. The Morgan fingerprint density at radius 1 is 0.947 bits per heavy atom. The van der Waals surface area contributed by atoms with Crippen molar-refractivity contribution in [1.29, 1.82) is 0 Å². The van der Waals surface area contributed by atoms with Gasteiger partial charge in [0.15, 0.2) is 0 Å². The zero-order valence-corrected chi connectivity index (χ0v) is 11.2. The number of aryl methyl sites for hydroxylation is 2. The van der Waals surface area contributed by atoms with Gasteiger partial charge in [0.1, 0.15) is 11.5 Å². The van der Waals surface area contributed by atoms with E-state index in [2.05, 4.69) is 6.07 Å². The van der Waals surface area contributed by atoms with Crippen molar-refractivity contribution >= 4 is 5.97 Å². The molecule has 0 saturated heterocycles. The molecule has 3 nitrogen and oxygen atoms in total. The van der Waals surface area contributed by atoms with Crippen molar-refractivity contribution in [2.45, 2.75) is 20.8 Å². The van der Waals surface area contributed by atoms with Gasteiger partial charge < -0.3 is 9.84 Å². The van der Waals surface area contributed by atoms with Gasteiger partial charge in [0.2, 0.25) is 0 Å². The van der Waals surface area contributed by atoms with Gasteiger partial charge in [-0.25, -0.2) is 4.79 Å². The average Bonchev–Trinajstić information content (AvgIpc) is 2.40. The molecule has 0 unspecified atom stereocenters. The Morgan fingerprint density at radius 3 is 2.11 bits per heavy atom. The summed E-state index contributed by atoms with van der Waals surface area (Å²) >= 11 is 0. The highest BCUT2D eigenvalue weighted by Crippen LogP contribution is 2.30. The van der Waals surface area contributed by atoms with Crippen molar-refractivity contribution in [1.82, 2.24) is 0 Å². The number of carboxylic acids is 1. The Balaban J connectivity index is 2.31. The predicted molar refractivity (Wildman–Crippen MR) is 74.1 cm³/mol. The van der Waals surface area contributed by atoms with Crippen molar-refractivity contribution in [3.05, 3.63) is 58.7 Å². The number of carboxylic acid groups (broad SMARTS) is 1. The normalized spacial score (nSPS) is 10.3. The fraction of sp³-hybridized carbons (Fsp3) is 0.188. The van der Waals surface area contributed by atoms with Crippen molar-refractivity contribution in [3.8, 4) is 11.5 Å². The molecular formula is C16H16O3. The summed E-state index contributed by atoms with van der Waals surface area (Å²) in [6.45, 7) is 6.05. The second-order valence-electron chi connectivity index (χ2n) is 4.59. The summed E-state index contributed by atoms with van der Waals surface area (Å²) in [5.41, 5.74) is 3.58. The van der Waals surface area contributed by atoms with Crippen molar-refractivity contribution in [2.75, 3.05) is 0 Å². The van der Waals surface area contributed by atoms with Crippen LogP contribution in [-0.4, -0.2) is 11.1 Å². The maximum Gasteiger partial charge on any atom is 0.335 e. The molecule has 0 radical (unpaired) electrons. The zero-order valence-electron chi connectivity index (χ0n) is 11.2. The summed E-state index contributed by atoms with van der Waals surface area (Å²) < 4.78 is 5.86. The SMILES string of the molecule is Cc1ccc(C)c(Oc2ccc(C(=O)O)cc2)c1C. The highest BCUT2D eigenvalue weighted by atomic mass is 16.5. The molecule has 0 spiro atoms. The molecule has 0 heterocycles. The monoisotopic (exact) mass is 256 g/mol. The number of hydrogen-bond donors (Lipinski definition) is 1. The van der Waals surface area contributed by atoms with E-state index in [0.717, 1.165) is 16.9 Å². The lowest BCUT2D eigenvalue weighted by atomic mass is 10.1. The highest BCUT2D eigenvalue weighted by molar-refractivity contribution is 5.87. The lowest BCUT2D eigenvalue weighted by Crippen LogP contribution is -1.96. The molecule has 0 fully saturated rings. The quantitative estimate of drug-likeness (QED) is 0.899. The molecule has 19 heavy (non-hydrogen) atoms. The topological polar surface area (TPSA) is 46.5 Å². The van der Waals surface area contributed by atoms with E-state index < -0.39 is 5.97 Å². The van der Waals surface area contributed by atoms with Crippen LogP contribution in [0.25, 0.3) is 0 Å². The Hall–Kier alpha value is -2.29. The molecule has 0 atom stereocenters. The van der Waals surface area contributed by atoms with E-state index in [1.54, 1.807) is 12.1 Å². The maximum absolute atomic E-state index is 10.8. The van der Waals surface area contributed by atoms with Gasteiger partial charge in [0, 0.05) is 0 Å². The van der Waals surface area contributed by atoms with Crippen LogP contribution in [0.3, 0.4) is 0 Å². The summed E-state index contributed by atoms with van der Waals surface area (Å²) in [5.74, 6) is 0.541. The number of ether oxygens (including phenoxy) is 1. The highest BCUT2D eigenvalue weighted by Gasteiger charge is 2.08. The van der Waals surface area contributed by atoms with Crippen LogP contribution in [0.2, 0.25) is 0 Å². The van der Waals surface area contributed by atoms with E-state index in [-0.39, 0.29) is 5.56 Å². The van der Waals surface area contributed by atoms with E-state index in [9.17, 15) is 4.79 Å². The molecule has 1 N–H and O–H groups in total. The minimum atomic E-state index is -0.936. The molecule has 0 bridgehead atoms. The van der Waals surface area contributed by atoms with E-state index in [1.165, 1.54) is 17.7 Å². The number of aromatic carboxylic acids is 1. The smallest absolute Gasteiger partial charge is 0.335 e. The molecule has 2 aromatic rings. The van der Waals surface area contributed by atoms with Gasteiger partial charge in [-0.15, -0.1) is 0 Å². The molecule has 0 amide bonds. The van der Waals surface area contributed by atoms with Crippen molar-refractivity contribution < 1.29 is 14.6 Å². The molecule has 0 aliphatic rings. The lowest BCUT2D eigenvalue weighted by molar-refractivity contribution is 0.0697. The molecule has 2 rings (SSSR count). The predicted octanol–water partition coefficient (Wildman–Crippen LogP) is 4.10. The fourth-order valence-corrected chi connectivity index (χ4v) is 1.87. The van der Waals surface area contributed by atoms with Crippen LogP contribution in [0.5, 0.6) is 11.5 Å². The summed E-state index contributed by atoms with van der Waals surface area (Å²) in [4.78, 5) is 10.8. The number of hydrogen-bond acceptors (Lipinski definition) is 2. The van der Waals surface area contributed by atoms with Crippen LogP contribution < -0.4 is 4.74 Å². The summed E-state index contributed by atoms with van der Waals surface area (Å²) in [5, 5.41) is 8.85. The van der Waals surface area contributed by atoms with Gasteiger partial charge in [-0.3, -0.25) is 0 Å². The Kier molecular flexibility index (Phi) is 3.56. The van der Waals surface area contributed by atoms with Gasteiger partial charge in [-0.2, -0.15) is 0 Å². The van der Waals surface area contributed by atoms with Gasteiger partial charge in [-0.1, -0.05) is 12.1 Å². The molecule has 0 aliphatic heterocycles. The second-order valence-corrected chi connectivity index (χ2v) is 4.59. The van der Waals surface area contributed by atoms with Gasteiger partial charge in [0.05, 0.1) is 5.56 Å². The van der Waals surface area contributed by atoms with Crippen LogP contribution in [0.15, 0.2) is 36.4 Å². The van der Waals surface area contributed by atoms with Gasteiger partial charge >= 0.3 is 5.97 Å². The molecule has 3 heteroatoms. The number of rotatable bonds is 3. The van der Waals surface area contributed by atoms with Gasteiger partial charge in [-0.05, 0) is 61.7 Å². The van der Waals surface area contributed by atoms with Crippen molar-refractivity contribution in [2.24, 2.45) is 0 Å². The first-order chi connectivity index (χ1) is 8.99. The molecule has 0 saturated carbocycles. The zero-order chi connectivity index (χ0) is 14.0. The van der Waals surface area contributed by atoms with Crippen LogP contribution in [0.4, 0.5) is 0 Å². The first kappa shape index (κ1) is 13.1. The van der Waals surface area contributed by atoms with Crippen molar-refractivity contribution in [3.63, 3.8) is 0 Å². The molecule has 0 aromatic heterocycles. The standard InChI is InChI=1S/C16H16O3/c1-10-4-5-11(2)15(12(10)3)19-14-8-6-13(7-9-14)16(17)18/h4-9H,1-3H3,(H,17,18). The van der Waals surface area contributed by atoms with Crippen LogP contribution in [0, 0.1) is 20.8 Å². The summed E-state index contributed by atoms with van der Waals surface area (Å²) in [6.07, 6.45) is 0. The summed E-state index contributed by atoms with van der Waals surface area (Å²) in [7, 11) is 0. The fourth-order valence-electron chi connectivity index (χ4n) is 1.87. The third-order valence-electron chi connectivity index (χ3n) is 3.19. The largest absolute Gasteiger partial charge is 0.478 e. The van der Waals surface area contributed by atoms with Crippen LogP contribution >= 0.6 is 0 Å². The van der Waals surface area contributed by atoms with Crippen LogP contribution in [-0.2, 0) is 0 Å². The van der Waals surface area contributed by atoms with E-state index in [4.69, 9.17) is 9.84 Å². The van der Waals surface area contributed by atoms with E-state index in [1.807, 2.05) is 26.8 Å². The Bertz CT molecular complexity index is 613. The third-order valence-corrected chi connectivity index (χ3v) is 3.19. The Labute approximate surface area is 112 Å².